The van der Waals surface area contributed by atoms with E-state index < -0.39 is 0 Å². The average molecular weight is 436 g/mol. The van der Waals surface area contributed by atoms with Gasteiger partial charge >= 0.3 is 0 Å². The van der Waals surface area contributed by atoms with E-state index in [0.29, 0.717) is 23.5 Å². The molecule has 0 spiro atoms. The van der Waals surface area contributed by atoms with Crippen LogP contribution >= 0.6 is 12.4 Å². The fourth-order valence-electron chi connectivity index (χ4n) is 3.25. The molecule has 6 nitrogen and oxygen atoms in total. The van der Waals surface area contributed by atoms with Gasteiger partial charge in [-0.3, -0.25) is 9.48 Å². The van der Waals surface area contributed by atoms with Crippen molar-refractivity contribution in [2.45, 2.75) is 6.54 Å². The van der Waals surface area contributed by atoms with Gasteiger partial charge in [0.2, 0.25) is 5.91 Å². The Labute approximate surface area is 186 Å². The van der Waals surface area contributed by atoms with Gasteiger partial charge in [-0.2, -0.15) is 5.10 Å². The average Bonchev–Trinajstić information content (AvgIpc) is 3.17. The molecule has 0 unspecified atom stereocenters. The number of methoxy groups -OCH3 is 1. The number of ether oxygens (including phenoxy) is 1. The molecule has 158 valence electrons. The highest BCUT2D eigenvalue weighted by Crippen LogP contribution is 2.27. The van der Waals surface area contributed by atoms with Crippen LogP contribution < -0.4 is 10.1 Å². The molecule has 0 aliphatic rings. The molecule has 0 saturated heterocycles. The maximum atomic E-state index is 12.4. The second-order valence-electron chi connectivity index (χ2n) is 6.78. The summed E-state index contributed by atoms with van der Waals surface area (Å²) in [5, 5.41) is 18.1. The number of anilines is 1. The van der Waals surface area contributed by atoms with Crippen molar-refractivity contribution < 1.29 is 14.6 Å². The van der Waals surface area contributed by atoms with Crippen molar-refractivity contribution in [2.24, 2.45) is 0 Å². The summed E-state index contributed by atoms with van der Waals surface area (Å²) < 4.78 is 6.94. The van der Waals surface area contributed by atoms with Crippen molar-refractivity contribution in [3.05, 3.63) is 90.1 Å². The topological polar surface area (TPSA) is 76.4 Å². The summed E-state index contributed by atoms with van der Waals surface area (Å²) in [5.41, 5.74) is 3.49. The number of aromatic hydroxyl groups is 1. The second kappa shape index (κ2) is 9.82. The van der Waals surface area contributed by atoms with Gasteiger partial charge in [-0.1, -0.05) is 42.5 Å². The molecule has 31 heavy (non-hydrogen) atoms. The highest BCUT2D eigenvalue weighted by Gasteiger charge is 2.09. The SMILES string of the molecule is COc1ccc(C=CC(=O)Nc2cccc3c2cnn3Cc2ccccc2)cc1O.Cl. The van der Waals surface area contributed by atoms with Crippen LogP contribution in [0.5, 0.6) is 11.5 Å². The normalized spacial score (nSPS) is 10.7. The lowest BCUT2D eigenvalue weighted by Gasteiger charge is -2.07. The van der Waals surface area contributed by atoms with Gasteiger partial charge in [0, 0.05) is 11.5 Å². The third-order valence-corrected chi connectivity index (χ3v) is 4.75. The first kappa shape index (κ1) is 21.9. The number of carbonyl (C=O) groups excluding carboxylic acids is 1. The molecule has 7 heteroatoms. The number of amides is 1. The largest absolute Gasteiger partial charge is 0.504 e. The lowest BCUT2D eigenvalue weighted by Crippen LogP contribution is -2.08. The van der Waals surface area contributed by atoms with Gasteiger partial charge in [0.1, 0.15) is 0 Å². The minimum Gasteiger partial charge on any atom is -0.504 e. The predicted molar refractivity (Wildman–Crippen MR) is 125 cm³/mol. The van der Waals surface area contributed by atoms with Gasteiger partial charge in [-0.15, -0.1) is 12.4 Å². The lowest BCUT2D eigenvalue weighted by atomic mass is 10.2. The van der Waals surface area contributed by atoms with Crippen molar-refractivity contribution in [3.63, 3.8) is 0 Å². The standard InChI is InChI=1S/C24H21N3O3.ClH/c1-30-23-12-10-17(14-22(23)28)11-13-24(29)26-20-8-5-9-21-19(20)15-25-27(21)16-18-6-3-2-4-7-18;/h2-15,28H,16H2,1H3,(H,26,29);1H. The molecule has 0 fully saturated rings. The summed E-state index contributed by atoms with van der Waals surface area (Å²) >= 11 is 0. The maximum absolute atomic E-state index is 12.4. The number of benzene rings is 3. The summed E-state index contributed by atoms with van der Waals surface area (Å²) in [6.07, 6.45) is 4.82. The Morgan fingerprint density at radius 2 is 1.94 bits per heavy atom. The van der Waals surface area contributed by atoms with Crippen LogP contribution in [0.3, 0.4) is 0 Å². The van der Waals surface area contributed by atoms with Gasteiger partial charge in [0.25, 0.3) is 0 Å². The van der Waals surface area contributed by atoms with Crippen molar-refractivity contribution in [1.29, 1.82) is 0 Å². The van der Waals surface area contributed by atoms with Gasteiger partial charge in [0.15, 0.2) is 11.5 Å². The molecule has 1 aromatic heterocycles. The van der Waals surface area contributed by atoms with Crippen molar-refractivity contribution in [3.8, 4) is 11.5 Å². The molecule has 3 aromatic carbocycles. The highest BCUT2D eigenvalue weighted by molar-refractivity contribution is 6.07. The Kier molecular flexibility index (Phi) is 6.95. The number of halogens is 1. The summed E-state index contributed by atoms with van der Waals surface area (Å²) in [4.78, 5) is 12.4. The number of phenols is 1. The molecule has 1 heterocycles. The highest BCUT2D eigenvalue weighted by atomic mass is 35.5. The van der Waals surface area contributed by atoms with Crippen LogP contribution in [-0.2, 0) is 11.3 Å². The van der Waals surface area contributed by atoms with Gasteiger partial charge in [-0.05, 0) is 41.5 Å². The molecule has 1 amide bonds. The van der Waals surface area contributed by atoms with E-state index >= 15 is 0 Å². The number of aromatic nitrogens is 2. The molecule has 2 N–H and O–H groups in total. The van der Waals surface area contributed by atoms with Gasteiger partial charge < -0.3 is 15.2 Å². The number of nitrogens with one attached hydrogen (secondary N) is 1. The third-order valence-electron chi connectivity index (χ3n) is 4.75. The first-order valence-corrected chi connectivity index (χ1v) is 9.48. The van der Waals surface area contributed by atoms with E-state index in [-0.39, 0.29) is 24.1 Å². The summed E-state index contributed by atoms with van der Waals surface area (Å²) in [6, 6.07) is 20.8. The van der Waals surface area contributed by atoms with Crippen LogP contribution in [0.15, 0.2) is 79.0 Å². The van der Waals surface area contributed by atoms with E-state index in [1.807, 2.05) is 41.1 Å². The van der Waals surface area contributed by atoms with Crippen LogP contribution in [0.25, 0.3) is 17.0 Å². The maximum Gasteiger partial charge on any atom is 0.248 e. The smallest absolute Gasteiger partial charge is 0.248 e. The Hall–Kier alpha value is -3.77. The molecular formula is C24H22ClN3O3. The molecule has 0 saturated carbocycles. The quantitative estimate of drug-likeness (QED) is 0.423. The molecule has 0 aliphatic heterocycles. The van der Waals surface area contributed by atoms with Crippen LogP contribution in [0.1, 0.15) is 11.1 Å². The number of hydrogen-bond acceptors (Lipinski definition) is 4. The summed E-state index contributed by atoms with van der Waals surface area (Å²) in [5.74, 6) is 0.139. The zero-order valence-electron chi connectivity index (χ0n) is 16.9. The van der Waals surface area contributed by atoms with Crippen LogP contribution in [0, 0.1) is 0 Å². The second-order valence-corrected chi connectivity index (χ2v) is 6.78. The number of rotatable bonds is 6. The molecule has 0 aliphatic carbocycles. The van der Waals surface area contributed by atoms with E-state index in [9.17, 15) is 9.90 Å². The first-order chi connectivity index (χ1) is 14.6. The summed E-state index contributed by atoms with van der Waals surface area (Å²) in [7, 11) is 1.49. The number of carbonyl (C=O) groups is 1. The number of fused-ring (bicyclic) bond motifs is 1. The van der Waals surface area contributed by atoms with E-state index in [0.717, 1.165) is 16.5 Å². The van der Waals surface area contributed by atoms with Crippen molar-refractivity contribution in [1.82, 2.24) is 9.78 Å². The zero-order chi connectivity index (χ0) is 20.9. The lowest BCUT2D eigenvalue weighted by molar-refractivity contribution is -0.111. The van der Waals surface area contributed by atoms with Crippen LogP contribution in [-0.4, -0.2) is 27.9 Å². The van der Waals surface area contributed by atoms with E-state index in [1.54, 1.807) is 24.4 Å². The van der Waals surface area contributed by atoms with Crippen LogP contribution in [0.2, 0.25) is 0 Å². The molecule has 0 atom stereocenters. The van der Waals surface area contributed by atoms with E-state index in [4.69, 9.17) is 4.74 Å². The Morgan fingerprint density at radius 1 is 1.13 bits per heavy atom. The molecule has 0 radical (unpaired) electrons. The predicted octanol–water partition coefficient (Wildman–Crippen LogP) is 4.87. The molecule has 0 bridgehead atoms. The zero-order valence-corrected chi connectivity index (χ0v) is 17.7. The first-order valence-electron chi connectivity index (χ1n) is 9.48. The van der Waals surface area contributed by atoms with Gasteiger partial charge in [-0.25, -0.2) is 0 Å². The Balaban J connectivity index is 0.00000272. The van der Waals surface area contributed by atoms with Crippen molar-refractivity contribution >= 4 is 41.0 Å². The Morgan fingerprint density at radius 3 is 2.68 bits per heavy atom. The Bertz CT molecular complexity index is 1220. The number of nitrogens with zero attached hydrogens (tertiary/aromatic N) is 2. The molecule has 4 aromatic rings. The number of hydrogen-bond donors (Lipinski definition) is 2. The van der Waals surface area contributed by atoms with Crippen LogP contribution in [0.4, 0.5) is 5.69 Å². The molecule has 4 rings (SSSR count). The van der Waals surface area contributed by atoms with Crippen molar-refractivity contribution in [2.75, 3.05) is 12.4 Å². The molecular weight excluding hydrogens is 414 g/mol. The van der Waals surface area contributed by atoms with E-state index in [2.05, 4.69) is 22.5 Å². The monoisotopic (exact) mass is 435 g/mol. The fraction of sp³-hybridized carbons (Fsp3) is 0.0833. The van der Waals surface area contributed by atoms with Gasteiger partial charge in [0.05, 0.1) is 31.1 Å². The van der Waals surface area contributed by atoms with E-state index in [1.165, 1.54) is 19.3 Å². The third kappa shape index (κ3) is 5.05. The fourth-order valence-corrected chi connectivity index (χ4v) is 3.25. The number of phenolic OH excluding ortho intramolecular Hbond substituents is 1. The summed E-state index contributed by atoms with van der Waals surface area (Å²) in [6.45, 7) is 0.655. The minimum atomic E-state index is -0.270. The minimum absolute atomic E-state index is 0.